The molecule has 1 heterocycles. The van der Waals surface area contributed by atoms with Crippen molar-refractivity contribution < 1.29 is 13.7 Å². The minimum atomic E-state index is -0.384. The van der Waals surface area contributed by atoms with Crippen molar-refractivity contribution in [3.8, 4) is 0 Å². The first-order valence-corrected chi connectivity index (χ1v) is 4.45. The zero-order valence-corrected chi connectivity index (χ0v) is 8.19. The maximum absolute atomic E-state index is 5.22. The van der Waals surface area contributed by atoms with Crippen molar-refractivity contribution in [2.75, 3.05) is 0 Å². The molecule has 1 aliphatic rings. The van der Waals surface area contributed by atoms with Crippen LogP contribution in [0.5, 0.6) is 0 Å². The van der Waals surface area contributed by atoms with Crippen LogP contribution in [0.3, 0.4) is 0 Å². The van der Waals surface area contributed by atoms with Gasteiger partial charge in [0.15, 0.2) is 0 Å². The summed E-state index contributed by atoms with van der Waals surface area (Å²) < 4.78 is 15.2. The summed E-state index contributed by atoms with van der Waals surface area (Å²) in [5, 5.41) is 0. The Hall–Kier alpha value is -0.705. The van der Waals surface area contributed by atoms with Crippen LogP contribution in [0.25, 0.3) is 0 Å². The third-order valence-electron chi connectivity index (χ3n) is 2.25. The summed E-state index contributed by atoms with van der Waals surface area (Å²) in [6.45, 7) is 4.06. The quantitative estimate of drug-likeness (QED) is 0.583. The molecule has 0 N–H and O–H groups in total. The van der Waals surface area contributed by atoms with Gasteiger partial charge in [0, 0.05) is 0 Å². The molecule has 0 aromatic heterocycles. The molecule has 2 radical (unpaired) electrons. The Labute approximate surface area is 85.5 Å². The summed E-state index contributed by atoms with van der Waals surface area (Å²) in [6.07, 6.45) is 0. The molecular weight excluding hydrogens is 177 g/mol. The fourth-order valence-corrected chi connectivity index (χ4v) is 1.56. The average molecular weight is 186 g/mol. The molecule has 6 heteroatoms. The molecule has 0 bridgehead atoms. The summed E-state index contributed by atoms with van der Waals surface area (Å²) in [7, 11) is 2.17. The maximum Gasteiger partial charge on any atom is 0.466 e. The largest absolute Gasteiger partial charge is 0.466 e. The van der Waals surface area contributed by atoms with Crippen LogP contribution in [0.4, 0.5) is 0 Å². The summed E-state index contributed by atoms with van der Waals surface area (Å²) in [6, 6.07) is 6.08. The normalized spacial score (nSPS) is 16.0. The van der Waals surface area contributed by atoms with Crippen molar-refractivity contribution >= 4 is 28.0 Å². The highest BCUT2D eigenvalue weighted by atomic mass is 16.7. The van der Waals surface area contributed by atoms with E-state index in [1.807, 2.05) is 32.0 Å². The van der Waals surface area contributed by atoms with Crippen LogP contribution < -0.4 is 5.46 Å². The third kappa shape index (κ3) is 1.87. The second-order valence-corrected chi connectivity index (χ2v) is 3.24. The number of hydrogen-bond donors (Lipinski definition) is 0. The Morgan fingerprint density at radius 1 is 1.07 bits per heavy atom. The Morgan fingerprint density at radius 3 is 2.21 bits per heavy atom. The van der Waals surface area contributed by atoms with Crippen LogP contribution in [0.15, 0.2) is 18.2 Å². The van der Waals surface area contributed by atoms with Gasteiger partial charge in [-0.25, -0.2) is 0 Å². The van der Waals surface area contributed by atoms with Gasteiger partial charge in [-0.3, -0.25) is 0 Å². The van der Waals surface area contributed by atoms with Gasteiger partial charge in [-0.2, -0.15) is 0 Å². The van der Waals surface area contributed by atoms with Gasteiger partial charge in [0.05, 0.1) is 0 Å². The van der Waals surface area contributed by atoms with Crippen LogP contribution in [0.2, 0.25) is 0 Å². The predicted molar refractivity (Wildman–Crippen MR) is 56.1 cm³/mol. The van der Waals surface area contributed by atoms with Gasteiger partial charge >= 0.3 is 22.5 Å². The zero-order valence-electron chi connectivity index (χ0n) is 8.19. The number of benzene rings is 1. The van der Waals surface area contributed by atoms with E-state index in [2.05, 4.69) is 0 Å². The lowest BCUT2D eigenvalue weighted by atomic mass is 9.71. The van der Waals surface area contributed by atoms with Gasteiger partial charge in [0.1, 0.15) is 0 Å². The van der Waals surface area contributed by atoms with Crippen molar-refractivity contribution in [2.45, 2.75) is 13.8 Å². The monoisotopic (exact) mass is 186 g/mol. The van der Waals surface area contributed by atoms with Crippen molar-refractivity contribution in [1.82, 2.24) is 0 Å². The highest BCUT2D eigenvalue weighted by Crippen LogP contribution is 2.05. The Morgan fingerprint density at radius 2 is 1.64 bits per heavy atom. The fraction of sp³-hybridized carbons (Fsp3) is 0.250. The van der Waals surface area contributed by atoms with Crippen molar-refractivity contribution in [3.63, 3.8) is 0 Å². The van der Waals surface area contributed by atoms with E-state index in [4.69, 9.17) is 13.7 Å². The lowest BCUT2D eigenvalue weighted by Crippen LogP contribution is -2.46. The molecule has 1 saturated heterocycles. The Balaban J connectivity index is 2.29. The van der Waals surface area contributed by atoms with E-state index in [1.54, 1.807) is 0 Å². The maximum atomic E-state index is 5.22. The van der Waals surface area contributed by atoms with Gasteiger partial charge in [-0.15, -0.1) is 0 Å². The number of aryl methyl sites for hydroxylation is 2. The average Bonchev–Trinajstić information content (AvgIpc) is 2.19. The van der Waals surface area contributed by atoms with Gasteiger partial charge in [0.2, 0.25) is 0 Å². The highest BCUT2D eigenvalue weighted by molar-refractivity contribution is 6.72. The molecule has 1 aromatic carbocycles. The highest BCUT2D eigenvalue weighted by Gasteiger charge is 2.28. The molecule has 0 saturated carbocycles. The first kappa shape index (κ1) is 9.83. The summed E-state index contributed by atoms with van der Waals surface area (Å²) in [4.78, 5) is 0. The van der Waals surface area contributed by atoms with Crippen LogP contribution in [-0.2, 0) is 13.7 Å². The van der Waals surface area contributed by atoms with Gasteiger partial charge in [-0.1, -0.05) is 29.3 Å². The van der Waals surface area contributed by atoms with Crippen LogP contribution in [0, 0.1) is 13.8 Å². The number of rotatable bonds is 1. The van der Waals surface area contributed by atoms with Gasteiger partial charge in [0.25, 0.3) is 0 Å². The second-order valence-electron chi connectivity index (χ2n) is 3.24. The summed E-state index contributed by atoms with van der Waals surface area (Å²) in [5.74, 6) is 0. The standard InChI is InChI=1S/C8H9B3O3/c1-6-4-3-5-7(2)8(6)11-13-9-12-10-14-11/h3-5H,1-2H3. The van der Waals surface area contributed by atoms with Crippen LogP contribution in [-0.4, -0.2) is 22.5 Å². The topological polar surface area (TPSA) is 27.7 Å². The molecule has 0 aliphatic carbocycles. The van der Waals surface area contributed by atoms with Crippen molar-refractivity contribution in [2.24, 2.45) is 0 Å². The molecule has 14 heavy (non-hydrogen) atoms. The van der Waals surface area contributed by atoms with Gasteiger partial charge < -0.3 is 13.7 Å². The molecule has 2 rings (SSSR count). The summed E-state index contributed by atoms with van der Waals surface area (Å²) in [5.41, 5.74) is 3.36. The lowest BCUT2D eigenvalue weighted by molar-refractivity contribution is 0.333. The van der Waals surface area contributed by atoms with Gasteiger partial charge in [-0.05, 0) is 19.3 Å². The second kappa shape index (κ2) is 4.21. The third-order valence-corrected chi connectivity index (χ3v) is 2.25. The van der Waals surface area contributed by atoms with E-state index >= 15 is 0 Å². The first-order valence-electron chi connectivity index (χ1n) is 4.45. The first-order chi connectivity index (χ1) is 6.79. The molecule has 1 aliphatic heterocycles. The number of hydrogen-bond acceptors (Lipinski definition) is 3. The van der Waals surface area contributed by atoms with E-state index in [1.165, 1.54) is 15.4 Å². The van der Waals surface area contributed by atoms with E-state index in [0.717, 1.165) is 16.6 Å². The van der Waals surface area contributed by atoms with E-state index in [-0.39, 0.29) is 7.12 Å². The zero-order chi connectivity index (χ0) is 9.97. The van der Waals surface area contributed by atoms with E-state index in [9.17, 15) is 0 Å². The molecule has 0 atom stereocenters. The molecular formula is C8H9B3O3. The Bertz CT molecular complexity index is 305. The predicted octanol–water partition coefficient (Wildman–Crippen LogP) is 0.130. The molecule has 68 valence electrons. The lowest BCUT2D eigenvalue weighted by Gasteiger charge is -2.21. The van der Waals surface area contributed by atoms with Crippen molar-refractivity contribution in [3.05, 3.63) is 29.3 Å². The van der Waals surface area contributed by atoms with E-state index < -0.39 is 0 Å². The van der Waals surface area contributed by atoms with Crippen LogP contribution >= 0.6 is 0 Å². The minimum absolute atomic E-state index is 0.384. The van der Waals surface area contributed by atoms with E-state index in [0.29, 0.717) is 0 Å². The molecule has 3 nitrogen and oxygen atoms in total. The smallest absolute Gasteiger partial charge is 0.457 e. The SMILES string of the molecule is Cc1cccc(C)c1B1O[B]O[B]O1. The molecule has 1 fully saturated rings. The molecule has 0 unspecified atom stereocenters. The Kier molecular flexibility index (Phi) is 2.96. The van der Waals surface area contributed by atoms with Crippen molar-refractivity contribution in [1.29, 1.82) is 0 Å². The molecule has 0 amide bonds. The summed E-state index contributed by atoms with van der Waals surface area (Å²) >= 11 is 0. The molecule has 0 spiro atoms. The fourth-order valence-electron chi connectivity index (χ4n) is 1.56. The van der Waals surface area contributed by atoms with Crippen LogP contribution in [0.1, 0.15) is 11.1 Å². The molecule has 1 aromatic rings. The minimum Gasteiger partial charge on any atom is -0.457 e.